The molecular weight excluding hydrogens is 382 g/mol. The van der Waals surface area contributed by atoms with Crippen LogP contribution in [0.25, 0.3) is 0 Å². The van der Waals surface area contributed by atoms with E-state index in [0.717, 1.165) is 12.8 Å². The number of esters is 2. The molecule has 30 heavy (non-hydrogen) atoms. The molecule has 1 atom stereocenters. The van der Waals surface area contributed by atoms with Crippen molar-refractivity contribution in [1.29, 1.82) is 0 Å². The minimum atomic E-state index is -1.29. The van der Waals surface area contributed by atoms with Gasteiger partial charge in [-0.15, -0.1) is 0 Å². The van der Waals surface area contributed by atoms with Crippen LogP contribution >= 0.6 is 0 Å². The Morgan fingerprint density at radius 2 is 1.10 bits per heavy atom. The summed E-state index contributed by atoms with van der Waals surface area (Å²) in [5.41, 5.74) is 5.33. The first-order valence-electron chi connectivity index (χ1n) is 12.1. The number of carboxylic acids is 1. The molecule has 3 N–H and O–H groups in total. The van der Waals surface area contributed by atoms with Gasteiger partial charge in [0.25, 0.3) is 0 Å². The van der Waals surface area contributed by atoms with E-state index in [0.29, 0.717) is 6.42 Å². The van der Waals surface area contributed by atoms with E-state index in [4.69, 9.17) is 10.8 Å². The molecule has 6 nitrogen and oxygen atoms in total. The molecule has 1 unspecified atom stereocenters. The Balaban J connectivity index is 0. The molecule has 0 heterocycles. The first-order chi connectivity index (χ1) is 14.4. The van der Waals surface area contributed by atoms with Gasteiger partial charge in [-0.25, -0.2) is 4.79 Å². The first-order valence-corrected chi connectivity index (χ1v) is 12.1. The van der Waals surface area contributed by atoms with Crippen LogP contribution in [0.3, 0.4) is 0 Å². The van der Waals surface area contributed by atoms with E-state index in [9.17, 15) is 14.4 Å². The summed E-state index contributed by atoms with van der Waals surface area (Å²) in [7, 11) is 0. The summed E-state index contributed by atoms with van der Waals surface area (Å²) in [4.78, 5) is 33.3. The Hall–Kier alpha value is -1.43. The van der Waals surface area contributed by atoms with Gasteiger partial charge in [0.05, 0.1) is 6.42 Å². The molecule has 0 aromatic carbocycles. The third-order valence-electron chi connectivity index (χ3n) is 4.90. The van der Waals surface area contributed by atoms with Gasteiger partial charge in [-0.3, -0.25) is 9.59 Å². The van der Waals surface area contributed by atoms with Crippen LogP contribution < -0.4 is 5.73 Å². The highest BCUT2D eigenvalue weighted by molar-refractivity contribution is 5.90. The van der Waals surface area contributed by atoms with Crippen molar-refractivity contribution in [2.24, 2.45) is 5.73 Å². The van der Waals surface area contributed by atoms with Crippen LogP contribution in [-0.4, -0.2) is 29.1 Å². The lowest BCUT2D eigenvalue weighted by Gasteiger charge is -2.08. The average Bonchev–Trinajstić information content (AvgIpc) is 2.71. The molecule has 0 aromatic rings. The smallest absolute Gasteiger partial charge is 0.331 e. The van der Waals surface area contributed by atoms with E-state index in [-0.39, 0.29) is 6.42 Å². The van der Waals surface area contributed by atoms with Gasteiger partial charge in [-0.1, -0.05) is 111 Å². The Morgan fingerprint density at radius 1 is 0.700 bits per heavy atom. The van der Waals surface area contributed by atoms with Gasteiger partial charge in [0.15, 0.2) is 0 Å². The number of nitrogens with two attached hydrogens (primary N) is 1. The molecule has 0 saturated carbocycles. The second-order valence-electron chi connectivity index (χ2n) is 7.99. The van der Waals surface area contributed by atoms with Gasteiger partial charge in [0.2, 0.25) is 0 Å². The van der Waals surface area contributed by atoms with Crippen molar-refractivity contribution in [2.45, 2.75) is 136 Å². The van der Waals surface area contributed by atoms with Gasteiger partial charge in [0, 0.05) is 6.42 Å². The van der Waals surface area contributed by atoms with E-state index in [1.54, 1.807) is 0 Å². The van der Waals surface area contributed by atoms with Gasteiger partial charge in [-0.05, 0) is 6.42 Å². The number of unbranched alkanes of at least 4 members (excludes halogenated alkanes) is 13. The fraction of sp³-hybridized carbons (Fsp3) is 0.875. The largest absolute Gasteiger partial charge is 0.481 e. The van der Waals surface area contributed by atoms with Crippen LogP contribution in [0.5, 0.6) is 0 Å². The standard InChI is InChI=1S/C20H37NO5.C4H10/c1-2-3-4-5-6-7-8-9-10-11-12-13-14-15-19(24)26-20(25)17(21)16-18(22)23;1-3-4-2/h17H,2-16,21H2,1H3,(H,22,23);3-4H2,1-2H3. The molecule has 0 aliphatic carbocycles. The van der Waals surface area contributed by atoms with Crippen molar-refractivity contribution in [3.8, 4) is 0 Å². The van der Waals surface area contributed by atoms with E-state index in [1.807, 2.05) is 0 Å². The maximum absolute atomic E-state index is 11.5. The van der Waals surface area contributed by atoms with Gasteiger partial charge >= 0.3 is 17.9 Å². The summed E-state index contributed by atoms with van der Waals surface area (Å²) < 4.78 is 4.55. The lowest BCUT2D eigenvalue weighted by molar-refractivity contribution is -0.162. The van der Waals surface area contributed by atoms with Crippen molar-refractivity contribution in [2.75, 3.05) is 0 Å². The van der Waals surface area contributed by atoms with Gasteiger partial charge < -0.3 is 15.6 Å². The average molecular weight is 430 g/mol. The number of hydrogen-bond acceptors (Lipinski definition) is 5. The molecule has 178 valence electrons. The second kappa shape index (κ2) is 23.8. The van der Waals surface area contributed by atoms with Crippen LogP contribution in [0.2, 0.25) is 0 Å². The molecule has 0 aromatic heterocycles. The monoisotopic (exact) mass is 429 g/mol. The number of hydrogen-bond donors (Lipinski definition) is 2. The van der Waals surface area contributed by atoms with Gasteiger partial charge in [-0.2, -0.15) is 0 Å². The van der Waals surface area contributed by atoms with Crippen LogP contribution in [0, 0.1) is 0 Å². The number of ether oxygens (including phenoxy) is 1. The molecule has 0 rings (SSSR count). The number of carbonyl (C=O) groups excluding carboxylic acids is 2. The molecule has 0 amide bonds. The molecular formula is C24H47NO5. The third-order valence-corrected chi connectivity index (χ3v) is 4.90. The van der Waals surface area contributed by atoms with Crippen LogP contribution in [0.15, 0.2) is 0 Å². The van der Waals surface area contributed by atoms with E-state index < -0.39 is 30.4 Å². The van der Waals surface area contributed by atoms with Crippen molar-refractivity contribution in [3.63, 3.8) is 0 Å². The van der Waals surface area contributed by atoms with Crippen LogP contribution in [0.1, 0.15) is 130 Å². The molecule has 0 radical (unpaired) electrons. The molecule has 0 spiro atoms. The van der Waals surface area contributed by atoms with Crippen LogP contribution in [0.4, 0.5) is 0 Å². The molecule has 0 saturated heterocycles. The summed E-state index contributed by atoms with van der Waals surface area (Å²) in [6.07, 6.45) is 18.1. The summed E-state index contributed by atoms with van der Waals surface area (Å²) in [6, 6.07) is -1.29. The quantitative estimate of drug-likeness (QED) is 0.154. The zero-order valence-electron chi connectivity index (χ0n) is 19.8. The highest BCUT2D eigenvalue weighted by Crippen LogP contribution is 2.13. The third kappa shape index (κ3) is 24.6. The fourth-order valence-electron chi connectivity index (χ4n) is 2.80. The summed E-state index contributed by atoms with van der Waals surface area (Å²) in [6.45, 7) is 6.60. The molecule has 0 fully saturated rings. The summed E-state index contributed by atoms with van der Waals surface area (Å²) in [5, 5.41) is 8.53. The molecule has 0 bridgehead atoms. The summed E-state index contributed by atoms with van der Waals surface area (Å²) >= 11 is 0. The number of carboxylic acid groups (broad SMARTS) is 1. The lowest BCUT2D eigenvalue weighted by Crippen LogP contribution is -2.35. The van der Waals surface area contributed by atoms with E-state index >= 15 is 0 Å². The number of aliphatic carboxylic acids is 1. The summed E-state index contributed by atoms with van der Waals surface area (Å²) in [5.74, 6) is -2.79. The maximum atomic E-state index is 11.5. The SMILES string of the molecule is CCCC.CCCCCCCCCCCCCCCC(=O)OC(=O)C(N)CC(=O)O. The van der Waals surface area contributed by atoms with Gasteiger partial charge in [0.1, 0.15) is 6.04 Å². The normalized spacial score (nSPS) is 11.3. The minimum absolute atomic E-state index is 0.170. The highest BCUT2D eigenvalue weighted by Gasteiger charge is 2.21. The fourth-order valence-corrected chi connectivity index (χ4v) is 2.80. The number of rotatable bonds is 18. The zero-order valence-corrected chi connectivity index (χ0v) is 19.8. The Labute approximate surface area is 184 Å². The highest BCUT2D eigenvalue weighted by atomic mass is 16.6. The zero-order chi connectivity index (χ0) is 23.0. The van der Waals surface area contributed by atoms with Crippen LogP contribution in [-0.2, 0) is 19.1 Å². The lowest BCUT2D eigenvalue weighted by atomic mass is 10.0. The van der Waals surface area contributed by atoms with Crippen molar-refractivity contribution >= 4 is 17.9 Å². The first kappa shape index (κ1) is 30.8. The molecule has 6 heteroatoms. The van der Waals surface area contributed by atoms with Crippen molar-refractivity contribution in [3.05, 3.63) is 0 Å². The van der Waals surface area contributed by atoms with E-state index in [1.165, 1.54) is 77.0 Å². The topological polar surface area (TPSA) is 107 Å². The molecule has 0 aliphatic heterocycles. The predicted octanol–water partition coefficient (Wildman–Crippen LogP) is 6.15. The number of carbonyl (C=O) groups is 3. The van der Waals surface area contributed by atoms with Crippen molar-refractivity contribution < 1.29 is 24.2 Å². The molecule has 0 aliphatic rings. The Morgan fingerprint density at radius 3 is 1.47 bits per heavy atom. The maximum Gasteiger partial charge on any atom is 0.331 e. The van der Waals surface area contributed by atoms with Crippen molar-refractivity contribution in [1.82, 2.24) is 0 Å². The minimum Gasteiger partial charge on any atom is -0.481 e. The predicted molar refractivity (Wildman–Crippen MR) is 122 cm³/mol. The Kier molecular flexibility index (Phi) is 24.4. The van der Waals surface area contributed by atoms with E-state index in [2.05, 4.69) is 25.5 Å². The Bertz CT molecular complexity index is 424. The second-order valence-corrected chi connectivity index (χ2v) is 7.99.